The molecule has 0 saturated carbocycles. The summed E-state index contributed by atoms with van der Waals surface area (Å²) in [5, 5.41) is 11.2. The number of piperidine rings is 1. The Kier molecular flexibility index (Phi) is 6.58. The van der Waals surface area contributed by atoms with Crippen LogP contribution in [0.1, 0.15) is 30.9 Å². The summed E-state index contributed by atoms with van der Waals surface area (Å²) in [4.78, 5) is 17.5. The Hall–Kier alpha value is -2.60. The molecule has 1 saturated heterocycles. The van der Waals surface area contributed by atoms with Crippen LogP contribution in [-0.4, -0.2) is 35.0 Å². The minimum Gasteiger partial charge on any atom is -0.387 e. The molecule has 0 atom stereocenters. The molecule has 6 nitrogen and oxygen atoms in total. The maximum Gasteiger partial charge on any atom is 0.323 e. The van der Waals surface area contributed by atoms with Gasteiger partial charge in [0.2, 0.25) is 5.11 Å². The number of likely N-dealkylation sites (tertiary alicyclic amines) is 1. The van der Waals surface area contributed by atoms with Crippen LogP contribution < -0.4 is 11.1 Å². The number of amides is 2. The van der Waals surface area contributed by atoms with Gasteiger partial charge in [-0.3, -0.25) is 5.32 Å². The fourth-order valence-electron chi connectivity index (χ4n) is 2.85. The lowest BCUT2D eigenvalue weighted by atomic mass is 9.89. The number of hydrogen-bond donors (Lipinski definition) is 2. The van der Waals surface area contributed by atoms with E-state index in [2.05, 4.69) is 10.3 Å². The quantitative estimate of drug-likeness (QED) is 0.469. The van der Waals surface area contributed by atoms with E-state index in [4.69, 9.17) is 23.2 Å². The van der Waals surface area contributed by atoms with Gasteiger partial charge in [0.15, 0.2) is 0 Å². The summed E-state index contributed by atoms with van der Waals surface area (Å²) >= 11 is 4.90. The van der Waals surface area contributed by atoms with Gasteiger partial charge in [-0.1, -0.05) is 0 Å². The van der Waals surface area contributed by atoms with Gasteiger partial charge in [0.05, 0.1) is 17.5 Å². The van der Waals surface area contributed by atoms with E-state index in [0.29, 0.717) is 25.9 Å². The number of nitriles is 1. The molecule has 0 aliphatic carbocycles. The molecule has 2 amide bonds. The van der Waals surface area contributed by atoms with Crippen LogP contribution in [0.15, 0.2) is 17.1 Å². The zero-order chi connectivity index (χ0) is 19.3. The zero-order valence-electron chi connectivity index (χ0n) is 14.3. The number of urea groups is 1. The van der Waals surface area contributed by atoms with Crippen LogP contribution in [-0.2, 0) is 6.42 Å². The molecule has 26 heavy (non-hydrogen) atoms. The molecule has 138 valence electrons. The Morgan fingerprint density at radius 3 is 2.50 bits per heavy atom. The molecule has 0 radical (unpaired) electrons. The highest BCUT2D eigenvalue weighted by Gasteiger charge is 2.25. The van der Waals surface area contributed by atoms with Crippen molar-refractivity contribution < 1.29 is 13.6 Å². The molecular formula is C17H19F2N5OS. The average Bonchev–Trinajstić information content (AvgIpc) is 2.57. The summed E-state index contributed by atoms with van der Waals surface area (Å²) in [6.07, 6.45) is 1.45. The van der Waals surface area contributed by atoms with Gasteiger partial charge in [-0.15, -0.1) is 0 Å². The number of nitrogens with zero attached hydrogens (tertiary/aromatic N) is 3. The lowest BCUT2D eigenvalue weighted by Crippen LogP contribution is -2.46. The topological polar surface area (TPSA) is 94.5 Å². The van der Waals surface area contributed by atoms with Gasteiger partial charge in [0.1, 0.15) is 11.6 Å². The summed E-state index contributed by atoms with van der Waals surface area (Å²) < 4.78 is 28.0. The number of nitrogens with two attached hydrogens (primary N) is 1. The van der Waals surface area contributed by atoms with Gasteiger partial charge in [-0.2, -0.15) is 5.26 Å². The Bertz CT molecular complexity index is 755. The Labute approximate surface area is 155 Å². The SMILES string of the molecule is C/C(N)=N/C(=S)NC(=O)N1CCC(Cc2c(F)cc(C#N)cc2F)CC1. The summed E-state index contributed by atoms with van der Waals surface area (Å²) in [5.41, 5.74) is 5.35. The highest BCUT2D eigenvalue weighted by atomic mass is 32.1. The number of thiocarbonyl (C=S) groups is 1. The van der Waals surface area contributed by atoms with Crippen molar-refractivity contribution in [2.45, 2.75) is 26.2 Å². The van der Waals surface area contributed by atoms with Crippen molar-refractivity contribution >= 4 is 29.2 Å². The number of benzene rings is 1. The maximum atomic E-state index is 14.0. The first kappa shape index (κ1) is 19.7. The first-order valence-corrected chi connectivity index (χ1v) is 8.49. The van der Waals surface area contributed by atoms with Crippen molar-refractivity contribution in [1.29, 1.82) is 5.26 Å². The van der Waals surface area contributed by atoms with E-state index in [-0.39, 0.29) is 40.4 Å². The lowest BCUT2D eigenvalue weighted by Gasteiger charge is -2.32. The van der Waals surface area contributed by atoms with Crippen molar-refractivity contribution in [3.05, 3.63) is 34.9 Å². The van der Waals surface area contributed by atoms with E-state index in [1.165, 1.54) is 0 Å². The molecule has 1 fully saturated rings. The molecule has 0 aromatic heterocycles. The standard InChI is InChI=1S/C17H19F2N5OS/c1-10(21)22-16(26)23-17(25)24-4-2-11(3-5-24)6-13-14(18)7-12(9-20)8-15(13)19/h7-8,11H,2-6H2,1H3,(H3,21,22,23,25,26). The van der Waals surface area contributed by atoms with Gasteiger partial charge in [0, 0.05) is 18.7 Å². The Morgan fingerprint density at radius 2 is 2.00 bits per heavy atom. The van der Waals surface area contributed by atoms with Crippen LogP contribution in [0.4, 0.5) is 13.6 Å². The van der Waals surface area contributed by atoms with Crippen molar-refractivity contribution in [2.75, 3.05) is 13.1 Å². The maximum absolute atomic E-state index is 14.0. The van der Waals surface area contributed by atoms with Gasteiger partial charge in [-0.25, -0.2) is 18.6 Å². The molecule has 1 heterocycles. The van der Waals surface area contributed by atoms with Gasteiger partial charge in [0.25, 0.3) is 0 Å². The number of halogens is 2. The van der Waals surface area contributed by atoms with Crippen molar-refractivity contribution in [1.82, 2.24) is 10.2 Å². The fraction of sp³-hybridized carbons (Fsp3) is 0.412. The zero-order valence-corrected chi connectivity index (χ0v) is 15.1. The molecule has 2 rings (SSSR count). The average molecular weight is 379 g/mol. The first-order chi connectivity index (χ1) is 12.3. The highest BCUT2D eigenvalue weighted by molar-refractivity contribution is 7.80. The van der Waals surface area contributed by atoms with E-state index in [9.17, 15) is 13.6 Å². The molecule has 0 unspecified atom stereocenters. The van der Waals surface area contributed by atoms with Crippen molar-refractivity contribution in [3.8, 4) is 6.07 Å². The first-order valence-electron chi connectivity index (χ1n) is 8.08. The molecule has 0 bridgehead atoms. The number of hydrogen-bond acceptors (Lipinski definition) is 3. The highest BCUT2D eigenvalue weighted by Crippen LogP contribution is 2.25. The van der Waals surface area contributed by atoms with E-state index < -0.39 is 11.6 Å². The smallest absolute Gasteiger partial charge is 0.323 e. The Morgan fingerprint density at radius 1 is 1.42 bits per heavy atom. The van der Waals surface area contributed by atoms with E-state index in [0.717, 1.165) is 12.1 Å². The number of aliphatic imine (C=N–C) groups is 1. The van der Waals surface area contributed by atoms with Crippen LogP contribution in [0.2, 0.25) is 0 Å². The minimum atomic E-state index is -0.706. The Balaban J connectivity index is 1.91. The molecule has 1 aromatic carbocycles. The minimum absolute atomic E-state index is 0.00107. The summed E-state index contributed by atoms with van der Waals surface area (Å²) in [6.45, 7) is 2.46. The second-order valence-electron chi connectivity index (χ2n) is 6.15. The molecular weight excluding hydrogens is 360 g/mol. The number of nitrogens with one attached hydrogen (secondary N) is 1. The van der Waals surface area contributed by atoms with Crippen LogP contribution in [0.25, 0.3) is 0 Å². The summed E-state index contributed by atoms with van der Waals surface area (Å²) in [6, 6.07) is 3.45. The molecule has 3 N–H and O–H groups in total. The predicted octanol–water partition coefficient (Wildman–Crippen LogP) is 2.46. The molecule has 1 aliphatic rings. The molecule has 9 heteroatoms. The van der Waals surface area contributed by atoms with Crippen LogP contribution in [0.3, 0.4) is 0 Å². The number of rotatable bonds is 2. The summed E-state index contributed by atoms with van der Waals surface area (Å²) in [5.74, 6) is -1.11. The third-order valence-electron chi connectivity index (χ3n) is 4.16. The third kappa shape index (κ3) is 5.20. The molecule has 1 aromatic rings. The lowest BCUT2D eigenvalue weighted by molar-refractivity contribution is 0.174. The summed E-state index contributed by atoms with van der Waals surface area (Å²) in [7, 11) is 0. The van der Waals surface area contributed by atoms with Crippen molar-refractivity contribution in [2.24, 2.45) is 16.6 Å². The second kappa shape index (κ2) is 8.67. The third-order valence-corrected chi connectivity index (χ3v) is 4.35. The van der Waals surface area contributed by atoms with Gasteiger partial charge in [-0.05, 0) is 56.5 Å². The van der Waals surface area contributed by atoms with Gasteiger partial charge >= 0.3 is 6.03 Å². The number of carbonyl (C=O) groups excluding carboxylic acids is 1. The monoisotopic (exact) mass is 379 g/mol. The second-order valence-corrected chi connectivity index (χ2v) is 6.54. The molecule has 0 spiro atoms. The largest absolute Gasteiger partial charge is 0.387 e. The molecule has 1 aliphatic heterocycles. The van der Waals surface area contributed by atoms with Crippen LogP contribution in [0.5, 0.6) is 0 Å². The van der Waals surface area contributed by atoms with Crippen LogP contribution >= 0.6 is 12.2 Å². The fourth-order valence-corrected chi connectivity index (χ4v) is 3.08. The van der Waals surface area contributed by atoms with E-state index in [1.807, 2.05) is 0 Å². The van der Waals surface area contributed by atoms with E-state index >= 15 is 0 Å². The normalized spacial score (nSPS) is 15.5. The van der Waals surface area contributed by atoms with Crippen molar-refractivity contribution in [3.63, 3.8) is 0 Å². The number of amidine groups is 1. The van der Waals surface area contributed by atoms with Gasteiger partial charge < -0.3 is 10.6 Å². The number of carbonyl (C=O) groups is 1. The van der Waals surface area contributed by atoms with E-state index in [1.54, 1.807) is 17.9 Å². The predicted molar refractivity (Wildman–Crippen MR) is 97.5 cm³/mol. The van der Waals surface area contributed by atoms with Crippen LogP contribution in [0, 0.1) is 28.9 Å².